The number of rotatable bonds is 5. The van der Waals surface area contributed by atoms with Crippen LogP contribution in [-0.2, 0) is 13.2 Å². The second-order valence-electron chi connectivity index (χ2n) is 4.37. The molecule has 1 saturated carbocycles. The van der Waals surface area contributed by atoms with Crippen LogP contribution in [0.15, 0.2) is 24.3 Å². The van der Waals surface area contributed by atoms with Gasteiger partial charge in [-0.3, -0.25) is 0 Å². The molecule has 0 aromatic heterocycles. The lowest BCUT2D eigenvalue weighted by atomic mass is 10.1. The van der Waals surface area contributed by atoms with Crippen LogP contribution in [0.5, 0.6) is 0 Å². The third-order valence-corrected chi connectivity index (χ3v) is 3.22. The van der Waals surface area contributed by atoms with Crippen molar-refractivity contribution in [2.24, 2.45) is 5.92 Å². The van der Waals surface area contributed by atoms with Crippen molar-refractivity contribution in [3.05, 3.63) is 35.4 Å². The Labute approximate surface area is 91.3 Å². The predicted octanol–water partition coefficient (Wildman–Crippen LogP) is 2.07. The average molecular weight is 205 g/mol. The first kappa shape index (κ1) is 10.7. The minimum Gasteiger partial charge on any atom is -0.392 e. The number of nitrogens with one attached hydrogen (secondary N) is 1. The van der Waals surface area contributed by atoms with Crippen molar-refractivity contribution in [1.29, 1.82) is 0 Å². The van der Waals surface area contributed by atoms with Gasteiger partial charge in [0.15, 0.2) is 0 Å². The maximum Gasteiger partial charge on any atom is 0.0681 e. The molecular weight excluding hydrogens is 186 g/mol. The van der Waals surface area contributed by atoms with E-state index in [1.165, 1.54) is 18.4 Å². The summed E-state index contributed by atoms with van der Waals surface area (Å²) in [5.74, 6) is 0.904. The smallest absolute Gasteiger partial charge is 0.0681 e. The fourth-order valence-corrected chi connectivity index (χ4v) is 1.96. The molecule has 1 aromatic rings. The van der Waals surface area contributed by atoms with Gasteiger partial charge < -0.3 is 10.4 Å². The molecule has 0 radical (unpaired) electrons. The highest BCUT2D eigenvalue weighted by molar-refractivity contribution is 5.22. The number of aliphatic hydroxyl groups excluding tert-OH is 1. The first-order valence-electron chi connectivity index (χ1n) is 5.75. The first-order chi connectivity index (χ1) is 7.33. The van der Waals surface area contributed by atoms with E-state index in [0.717, 1.165) is 24.1 Å². The van der Waals surface area contributed by atoms with Gasteiger partial charge in [-0.25, -0.2) is 0 Å². The zero-order chi connectivity index (χ0) is 10.7. The zero-order valence-corrected chi connectivity index (χ0v) is 9.24. The highest BCUT2D eigenvalue weighted by Crippen LogP contribution is 2.33. The molecule has 1 aliphatic rings. The summed E-state index contributed by atoms with van der Waals surface area (Å²) in [6.45, 7) is 3.34. The Bertz CT molecular complexity index is 307. The van der Waals surface area contributed by atoms with Crippen LogP contribution in [0.25, 0.3) is 0 Å². The lowest BCUT2D eigenvalue weighted by Crippen LogP contribution is -2.17. The Hall–Kier alpha value is -0.860. The molecule has 2 nitrogen and oxygen atoms in total. The summed E-state index contributed by atoms with van der Waals surface area (Å²) in [7, 11) is 0. The van der Waals surface area contributed by atoms with Crippen molar-refractivity contribution in [3.63, 3.8) is 0 Å². The number of hydrogen-bond donors (Lipinski definition) is 2. The maximum absolute atomic E-state index is 8.91. The van der Waals surface area contributed by atoms with Crippen LogP contribution in [0.4, 0.5) is 0 Å². The molecule has 82 valence electrons. The van der Waals surface area contributed by atoms with E-state index >= 15 is 0 Å². The van der Waals surface area contributed by atoms with Crippen LogP contribution in [0.1, 0.15) is 30.9 Å². The van der Waals surface area contributed by atoms with Crippen molar-refractivity contribution in [2.75, 3.05) is 0 Å². The minimum absolute atomic E-state index is 0.133. The van der Waals surface area contributed by atoms with Crippen LogP contribution in [0.2, 0.25) is 0 Å². The highest BCUT2D eigenvalue weighted by Gasteiger charge is 2.34. The SMILES string of the molecule is CCC1CC1NCc1ccc(CO)cc1. The van der Waals surface area contributed by atoms with Gasteiger partial charge in [0.05, 0.1) is 6.61 Å². The summed E-state index contributed by atoms with van der Waals surface area (Å²) in [6.07, 6.45) is 2.63. The zero-order valence-electron chi connectivity index (χ0n) is 9.24. The van der Waals surface area contributed by atoms with Gasteiger partial charge in [0.2, 0.25) is 0 Å². The van der Waals surface area contributed by atoms with E-state index in [2.05, 4.69) is 24.4 Å². The molecule has 2 rings (SSSR count). The Morgan fingerprint density at radius 3 is 2.47 bits per heavy atom. The monoisotopic (exact) mass is 205 g/mol. The molecule has 2 atom stereocenters. The molecule has 0 saturated heterocycles. The predicted molar refractivity (Wildman–Crippen MR) is 61.4 cm³/mol. The Morgan fingerprint density at radius 1 is 1.27 bits per heavy atom. The third-order valence-electron chi connectivity index (χ3n) is 3.22. The van der Waals surface area contributed by atoms with E-state index in [4.69, 9.17) is 5.11 Å². The van der Waals surface area contributed by atoms with Crippen LogP contribution in [0, 0.1) is 5.92 Å². The number of hydrogen-bond acceptors (Lipinski definition) is 2. The number of benzene rings is 1. The molecule has 1 aliphatic carbocycles. The van der Waals surface area contributed by atoms with Crippen molar-refractivity contribution >= 4 is 0 Å². The highest BCUT2D eigenvalue weighted by atomic mass is 16.3. The molecule has 0 amide bonds. The fraction of sp³-hybridized carbons (Fsp3) is 0.538. The lowest BCUT2D eigenvalue weighted by molar-refractivity contribution is 0.282. The fourth-order valence-electron chi connectivity index (χ4n) is 1.96. The quantitative estimate of drug-likeness (QED) is 0.771. The van der Waals surface area contributed by atoms with Crippen molar-refractivity contribution < 1.29 is 5.11 Å². The maximum atomic E-state index is 8.91. The summed E-state index contributed by atoms with van der Waals surface area (Å²) in [6, 6.07) is 8.89. The summed E-state index contributed by atoms with van der Waals surface area (Å²) >= 11 is 0. The molecule has 1 aromatic carbocycles. The average Bonchev–Trinajstić information content (AvgIpc) is 3.06. The van der Waals surface area contributed by atoms with Gasteiger partial charge in [-0.15, -0.1) is 0 Å². The van der Waals surface area contributed by atoms with Gasteiger partial charge in [-0.1, -0.05) is 37.6 Å². The third kappa shape index (κ3) is 2.80. The van der Waals surface area contributed by atoms with Gasteiger partial charge in [0.1, 0.15) is 0 Å². The minimum atomic E-state index is 0.133. The van der Waals surface area contributed by atoms with E-state index in [0.29, 0.717) is 0 Å². The second-order valence-corrected chi connectivity index (χ2v) is 4.37. The molecule has 2 heteroatoms. The largest absolute Gasteiger partial charge is 0.392 e. The molecule has 0 heterocycles. The van der Waals surface area contributed by atoms with E-state index in [9.17, 15) is 0 Å². The van der Waals surface area contributed by atoms with E-state index < -0.39 is 0 Å². The summed E-state index contributed by atoms with van der Waals surface area (Å²) in [5, 5.41) is 12.5. The van der Waals surface area contributed by atoms with Crippen molar-refractivity contribution in [3.8, 4) is 0 Å². The molecule has 2 N–H and O–H groups in total. The summed E-state index contributed by atoms with van der Waals surface area (Å²) < 4.78 is 0. The lowest BCUT2D eigenvalue weighted by Gasteiger charge is -2.04. The molecule has 0 aliphatic heterocycles. The van der Waals surface area contributed by atoms with Crippen LogP contribution < -0.4 is 5.32 Å². The Morgan fingerprint density at radius 2 is 1.93 bits per heavy atom. The van der Waals surface area contributed by atoms with Crippen molar-refractivity contribution in [1.82, 2.24) is 5.32 Å². The molecular formula is C13H19NO. The van der Waals surface area contributed by atoms with Crippen molar-refractivity contribution in [2.45, 2.75) is 39.0 Å². The van der Waals surface area contributed by atoms with Gasteiger partial charge >= 0.3 is 0 Å². The van der Waals surface area contributed by atoms with E-state index in [1.54, 1.807) is 0 Å². The number of aliphatic hydroxyl groups is 1. The summed E-state index contributed by atoms with van der Waals surface area (Å²) in [4.78, 5) is 0. The van der Waals surface area contributed by atoms with Crippen LogP contribution in [-0.4, -0.2) is 11.1 Å². The molecule has 2 unspecified atom stereocenters. The van der Waals surface area contributed by atoms with Gasteiger partial charge in [0, 0.05) is 12.6 Å². The Balaban J connectivity index is 1.79. The molecule has 0 bridgehead atoms. The topological polar surface area (TPSA) is 32.3 Å². The van der Waals surface area contributed by atoms with E-state index in [-0.39, 0.29) is 6.61 Å². The Kier molecular flexibility index (Phi) is 3.39. The molecule has 1 fully saturated rings. The van der Waals surface area contributed by atoms with Gasteiger partial charge in [-0.05, 0) is 23.5 Å². The van der Waals surface area contributed by atoms with Gasteiger partial charge in [0.25, 0.3) is 0 Å². The van der Waals surface area contributed by atoms with E-state index in [1.807, 2.05) is 12.1 Å². The first-order valence-corrected chi connectivity index (χ1v) is 5.75. The summed E-state index contributed by atoms with van der Waals surface area (Å²) in [5.41, 5.74) is 2.28. The van der Waals surface area contributed by atoms with Crippen LogP contribution in [0.3, 0.4) is 0 Å². The van der Waals surface area contributed by atoms with Gasteiger partial charge in [-0.2, -0.15) is 0 Å². The normalized spacial score (nSPS) is 24.1. The second kappa shape index (κ2) is 4.77. The molecule has 0 spiro atoms. The molecule has 15 heavy (non-hydrogen) atoms. The standard InChI is InChI=1S/C13H19NO/c1-2-12-7-13(12)14-8-10-3-5-11(9-15)6-4-10/h3-6,12-15H,2,7-9H2,1H3. The van der Waals surface area contributed by atoms with Crippen LogP contribution >= 0.6 is 0 Å².